The Balaban J connectivity index is 3.37. The predicted molar refractivity (Wildman–Crippen MR) is 91.0 cm³/mol. The molecule has 20 heavy (non-hydrogen) atoms. The van der Waals surface area contributed by atoms with Gasteiger partial charge < -0.3 is 4.74 Å². The topological polar surface area (TPSA) is 26.3 Å². The van der Waals surface area contributed by atoms with E-state index in [-0.39, 0.29) is 16.1 Å². The van der Waals surface area contributed by atoms with E-state index in [1.165, 1.54) is 10.8 Å². The molecule has 0 aliphatic heterocycles. The van der Waals surface area contributed by atoms with Gasteiger partial charge in [-0.25, -0.2) is 4.79 Å². The zero-order valence-electron chi connectivity index (χ0n) is 13.4. The molecule has 0 saturated carbocycles. The van der Waals surface area contributed by atoms with Gasteiger partial charge in [-0.1, -0.05) is 70.5 Å². The SMILES string of the molecule is CSSC(=O)Oc1c(C(C)(C)C)cccc1C(C)(C)C. The van der Waals surface area contributed by atoms with Gasteiger partial charge in [0, 0.05) is 21.9 Å². The van der Waals surface area contributed by atoms with E-state index < -0.39 is 0 Å². The van der Waals surface area contributed by atoms with Crippen molar-refractivity contribution in [1.82, 2.24) is 0 Å². The fourth-order valence-electron chi connectivity index (χ4n) is 2.00. The minimum absolute atomic E-state index is 0.0686. The monoisotopic (exact) mass is 312 g/mol. The number of ether oxygens (including phenoxy) is 1. The Labute approximate surface area is 130 Å². The highest BCUT2D eigenvalue weighted by Crippen LogP contribution is 2.40. The summed E-state index contributed by atoms with van der Waals surface area (Å²) in [6.07, 6.45) is 1.87. The molecule has 0 aromatic heterocycles. The van der Waals surface area contributed by atoms with E-state index in [0.717, 1.165) is 27.7 Å². The van der Waals surface area contributed by atoms with E-state index >= 15 is 0 Å². The Morgan fingerprint density at radius 2 is 1.45 bits per heavy atom. The summed E-state index contributed by atoms with van der Waals surface area (Å²) in [5.74, 6) is 0.721. The van der Waals surface area contributed by atoms with Crippen LogP contribution in [-0.2, 0) is 10.8 Å². The Kier molecular flexibility index (Phi) is 5.61. The molecular formula is C16H24O2S2. The minimum Gasteiger partial charge on any atom is -0.417 e. The largest absolute Gasteiger partial charge is 0.417 e. The zero-order chi connectivity index (χ0) is 15.6. The summed E-state index contributed by atoms with van der Waals surface area (Å²) in [4.78, 5) is 11.9. The van der Waals surface area contributed by atoms with Crippen molar-refractivity contribution in [2.75, 3.05) is 6.26 Å². The second-order valence-electron chi connectivity index (χ2n) is 6.78. The van der Waals surface area contributed by atoms with Crippen molar-refractivity contribution in [3.05, 3.63) is 29.3 Å². The Bertz CT molecular complexity index is 450. The van der Waals surface area contributed by atoms with Crippen molar-refractivity contribution in [3.63, 3.8) is 0 Å². The van der Waals surface area contributed by atoms with E-state index in [4.69, 9.17) is 4.74 Å². The van der Waals surface area contributed by atoms with Crippen LogP contribution in [0.25, 0.3) is 0 Å². The third-order valence-electron chi connectivity index (χ3n) is 2.97. The van der Waals surface area contributed by atoms with Gasteiger partial charge in [0.25, 0.3) is 0 Å². The Morgan fingerprint density at radius 3 is 1.80 bits per heavy atom. The second-order valence-corrected chi connectivity index (χ2v) is 9.12. The summed E-state index contributed by atoms with van der Waals surface area (Å²) in [6.45, 7) is 12.8. The molecule has 0 N–H and O–H groups in total. The molecule has 1 rings (SSSR count). The molecule has 0 spiro atoms. The number of carbonyl (C=O) groups is 1. The lowest BCUT2D eigenvalue weighted by atomic mass is 9.79. The first-order valence-corrected chi connectivity index (χ1v) is 9.19. The third kappa shape index (κ3) is 4.45. The van der Waals surface area contributed by atoms with Gasteiger partial charge in [-0.3, -0.25) is 0 Å². The van der Waals surface area contributed by atoms with Crippen molar-refractivity contribution < 1.29 is 9.53 Å². The minimum atomic E-state index is -0.264. The number of para-hydroxylation sites is 1. The van der Waals surface area contributed by atoms with Gasteiger partial charge >= 0.3 is 5.30 Å². The highest BCUT2D eigenvalue weighted by atomic mass is 33.1. The molecule has 0 bridgehead atoms. The van der Waals surface area contributed by atoms with Crippen molar-refractivity contribution in [3.8, 4) is 5.75 Å². The first kappa shape index (κ1) is 17.4. The van der Waals surface area contributed by atoms with Gasteiger partial charge in [-0.15, -0.1) is 0 Å². The summed E-state index contributed by atoms with van der Waals surface area (Å²) in [7, 11) is 2.52. The van der Waals surface area contributed by atoms with Gasteiger partial charge in [0.05, 0.1) is 0 Å². The molecule has 2 nitrogen and oxygen atoms in total. The van der Waals surface area contributed by atoms with Gasteiger partial charge in [0.2, 0.25) is 0 Å². The van der Waals surface area contributed by atoms with Gasteiger partial charge in [0.1, 0.15) is 5.75 Å². The van der Waals surface area contributed by atoms with Crippen LogP contribution < -0.4 is 4.74 Å². The molecule has 0 fully saturated rings. The highest BCUT2D eigenvalue weighted by molar-refractivity contribution is 8.81. The van der Waals surface area contributed by atoms with Crippen LogP contribution in [0.2, 0.25) is 0 Å². The molecule has 1 aromatic carbocycles. The van der Waals surface area contributed by atoms with Gasteiger partial charge in [0.15, 0.2) is 0 Å². The molecule has 0 unspecified atom stereocenters. The van der Waals surface area contributed by atoms with E-state index in [1.807, 2.05) is 24.5 Å². The maximum atomic E-state index is 11.9. The van der Waals surface area contributed by atoms with Crippen LogP contribution in [0.3, 0.4) is 0 Å². The first-order chi connectivity index (χ1) is 9.07. The third-order valence-corrected chi connectivity index (χ3v) is 4.26. The molecular weight excluding hydrogens is 288 g/mol. The quantitative estimate of drug-likeness (QED) is 0.510. The van der Waals surface area contributed by atoms with Crippen molar-refractivity contribution in [2.45, 2.75) is 52.4 Å². The maximum absolute atomic E-state index is 11.9. The summed E-state index contributed by atoms with van der Waals surface area (Å²) in [6, 6.07) is 6.13. The molecule has 0 amide bonds. The lowest BCUT2D eigenvalue weighted by Gasteiger charge is -2.28. The smallest absolute Gasteiger partial charge is 0.383 e. The van der Waals surface area contributed by atoms with E-state index in [1.54, 1.807) is 0 Å². The van der Waals surface area contributed by atoms with Crippen LogP contribution in [0.5, 0.6) is 5.75 Å². The number of hydrogen-bond acceptors (Lipinski definition) is 4. The Hall–Kier alpha value is -0.610. The van der Waals surface area contributed by atoms with Crippen LogP contribution in [0.4, 0.5) is 4.79 Å². The van der Waals surface area contributed by atoms with E-state index in [9.17, 15) is 4.79 Å². The summed E-state index contributed by atoms with van der Waals surface area (Å²) in [5, 5.41) is -0.264. The van der Waals surface area contributed by atoms with Crippen LogP contribution >= 0.6 is 21.6 Å². The van der Waals surface area contributed by atoms with Crippen molar-refractivity contribution >= 4 is 26.9 Å². The predicted octanol–water partition coefficient (Wildman–Crippen LogP) is 5.79. The molecule has 1 aromatic rings. The summed E-state index contributed by atoms with van der Waals surface area (Å²) < 4.78 is 5.67. The number of benzene rings is 1. The molecule has 0 aliphatic carbocycles. The number of hydrogen-bond donors (Lipinski definition) is 0. The van der Waals surface area contributed by atoms with Crippen LogP contribution in [0.15, 0.2) is 18.2 Å². The maximum Gasteiger partial charge on any atom is 0.383 e. The fourth-order valence-corrected chi connectivity index (χ4v) is 2.76. The molecule has 0 aliphatic rings. The van der Waals surface area contributed by atoms with E-state index in [0.29, 0.717) is 0 Å². The Morgan fingerprint density at radius 1 is 1.00 bits per heavy atom. The second kappa shape index (κ2) is 6.44. The van der Waals surface area contributed by atoms with Crippen LogP contribution in [-0.4, -0.2) is 11.6 Å². The first-order valence-electron chi connectivity index (χ1n) is 6.64. The van der Waals surface area contributed by atoms with Gasteiger partial charge in [-0.05, 0) is 17.1 Å². The summed E-state index contributed by atoms with van der Waals surface area (Å²) >= 11 is 0. The molecule has 112 valence electrons. The van der Waals surface area contributed by atoms with E-state index in [2.05, 4.69) is 41.5 Å². The normalized spacial score (nSPS) is 12.3. The van der Waals surface area contributed by atoms with Crippen LogP contribution in [0, 0.1) is 0 Å². The number of rotatable bonds is 2. The lowest BCUT2D eigenvalue weighted by molar-refractivity contribution is 0.225. The molecule has 0 heterocycles. The highest BCUT2D eigenvalue weighted by Gasteiger charge is 2.27. The zero-order valence-corrected chi connectivity index (χ0v) is 15.0. The lowest BCUT2D eigenvalue weighted by Crippen LogP contribution is -2.20. The van der Waals surface area contributed by atoms with Crippen LogP contribution in [0.1, 0.15) is 52.7 Å². The van der Waals surface area contributed by atoms with Gasteiger partial charge in [-0.2, -0.15) is 0 Å². The molecule has 0 saturated heterocycles. The molecule has 0 radical (unpaired) electrons. The van der Waals surface area contributed by atoms with Crippen molar-refractivity contribution in [2.24, 2.45) is 0 Å². The van der Waals surface area contributed by atoms with Crippen molar-refractivity contribution in [1.29, 1.82) is 0 Å². The average Bonchev–Trinajstić information content (AvgIpc) is 2.26. The number of carbonyl (C=O) groups excluding carboxylic acids is 1. The fraction of sp³-hybridized carbons (Fsp3) is 0.562. The average molecular weight is 313 g/mol. The molecule has 0 atom stereocenters. The standard InChI is InChI=1S/C16H24O2S2/c1-15(2,3)11-9-8-10-12(16(4,5)6)13(11)18-14(17)20-19-7/h8-10H,1-7H3. The summed E-state index contributed by atoms with van der Waals surface area (Å²) in [5.41, 5.74) is 2.00. The molecule has 4 heteroatoms.